The van der Waals surface area contributed by atoms with Crippen LogP contribution in [-0.2, 0) is 9.59 Å². The number of carbonyl (C=O) groups excluding carboxylic acids is 2. The fourth-order valence-corrected chi connectivity index (χ4v) is 3.67. The third-order valence-electron chi connectivity index (χ3n) is 4.93. The first-order valence-electron chi connectivity index (χ1n) is 10.0. The van der Waals surface area contributed by atoms with Gasteiger partial charge in [-0.3, -0.25) is 19.7 Å². The number of nitrogens with zero attached hydrogens (tertiary/aromatic N) is 2. The number of hydrogen-bond acceptors (Lipinski definition) is 6. The Labute approximate surface area is 194 Å². The van der Waals surface area contributed by atoms with Gasteiger partial charge < -0.3 is 10.1 Å². The van der Waals surface area contributed by atoms with Crippen LogP contribution in [-0.4, -0.2) is 23.3 Å². The molecule has 0 aromatic heterocycles. The number of amides is 2. The van der Waals surface area contributed by atoms with Crippen molar-refractivity contribution in [3.05, 3.63) is 99.2 Å². The van der Waals surface area contributed by atoms with E-state index < -0.39 is 16.7 Å². The fourth-order valence-electron chi connectivity index (χ4n) is 3.49. The first-order valence-corrected chi connectivity index (χ1v) is 10.4. The third kappa shape index (κ3) is 4.42. The maximum Gasteiger partial charge on any atom is 0.282 e. The van der Waals surface area contributed by atoms with Gasteiger partial charge in [-0.2, -0.15) is 0 Å². The van der Waals surface area contributed by atoms with Crippen LogP contribution in [0.4, 0.5) is 17.1 Å². The van der Waals surface area contributed by atoms with Crippen molar-refractivity contribution in [3.63, 3.8) is 0 Å². The van der Waals surface area contributed by atoms with Gasteiger partial charge in [0, 0.05) is 28.9 Å². The molecule has 0 aliphatic carbocycles. The van der Waals surface area contributed by atoms with Crippen LogP contribution in [0, 0.1) is 10.1 Å². The smallest absolute Gasteiger partial charge is 0.282 e. The lowest BCUT2D eigenvalue weighted by atomic mass is 10.0. The van der Waals surface area contributed by atoms with Gasteiger partial charge in [-0.05, 0) is 55.0 Å². The molecule has 4 rings (SSSR count). The second-order valence-electron chi connectivity index (χ2n) is 7.07. The summed E-state index contributed by atoms with van der Waals surface area (Å²) in [5, 5.41) is 14.4. The largest absolute Gasteiger partial charge is 0.494 e. The van der Waals surface area contributed by atoms with Crippen molar-refractivity contribution in [3.8, 4) is 5.75 Å². The molecule has 166 valence electrons. The van der Waals surface area contributed by atoms with Crippen LogP contribution in [0.15, 0.2) is 78.5 Å². The summed E-state index contributed by atoms with van der Waals surface area (Å²) in [5.74, 6) is -0.541. The molecule has 3 aromatic rings. The highest BCUT2D eigenvalue weighted by molar-refractivity contribution is 6.46. The van der Waals surface area contributed by atoms with E-state index >= 15 is 0 Å². The van der Waals surface area contributed by atoms with Crippen molar-refractivity contribution in [2.45, 2.75) is 6.92 Å². The summed E-state index contributed by atoms with van der Waals surface area (Å²) in [6.45, 7) is 2.33. The quantitative estimate of drug-likeness (QED) is 0.299. The molecule has 33 heavy (non-hydrogen) atoms. The number of imide groups is 1. The molecule has 0 saturated carbocycles. The van der Waals surface area contributed by atoms with E-state index in [0.717, 1.165) is 4.90 Å². The molecule has 1 aliphatic rings. The van der Waals surface area contributed by atoms with E-state index in [4.69, 9.17) is 16.3 Å². The van der Waals surface area contributed by atoms with Gasteiger partial charge in [-0.15, -0.1) is 0 Å². The van der Waals surface area contributed by atoms with Gasteiger partial charge in [0.1, 0.15) is 11.4 Å². The van der Waals surface area contributed by atoms with Crippen molar-refractivity contribution in [1.82, 2.24) is 0 Å². The molecule has 1 heterocycles. The van der Waals surface area contributed by atoms with Crippen LogP contribution in [0.25, 0.3) is 5.57 Å². The molecular formula is C24H18ClN3O5. The SMILES string of the molecule is CCOc1cccc(NC2=C(c3ccc([N+](=O)[O-])cc3)C(=O)N(c3cccc(Cl)c3)C2=O)c1. The first kappa shape index (κ1) is 22.0. The Morgan fingerprint density at radius 1 is 1.00 bits per heavy atom. The Morgan fingerprint density at radius 2 is 1.73 bits per heavy atom. The van der Waals surface area contributed by atoms with Crippen molar-refractivity contribution >= 4 is 46.1 Å². The van der Waals surface area contributed by atoms with Crippen molar-refractivity contribution in [2.24, 2.45) is 0 Å². The molecule has 8 nitrogen and oxygen atoms in total. The number of ether oxygens (including phenoxy) is 1. The van der Waals surface area contributed by atoms with Gasteiger partial charge in [0.2, 0.25) is 0 Å². The number of nitrogens with one attached hydrogen (secondary N) is 1. The molecule has 0 bridgehead atoms. The van der Waals surface area contributed by atoms with Crippen molar-refractivity contribution in [2.75, 3.05) is 16.8 Å². The van der Waals surface area contributed by atoms with Crippen LogP contribution < -0.4 is 15.0 Å². The number of halogens is 1. The van der Waals surface area contributed by atoms with E-state index in [0.29, 0.717) is 34.3 Å². The number of benzene rings is 3. The zero-order chi connectivity index (χ0) is 23.5. The Balaban J connectivity index is 1.80. The van der Waals surface area contributed by atoms with E-state index in [2.05, 4.69) is 5.32 Å². The minimum Gasteiger partial charge on any atom is -0.494 e. The lowest BCUT2D eigenvalue weighted by Crippen LogP contribution is -2.32. The number of rotatable bonds is 7. The molecule has 0 fully saturated rings. The van der Waals surface area contributed by atoms with E-state index in [1.165, 1.54) is 30.3 Å². The molecule has 1 aliphatic heterocycles. The second kappa shape index (κ2) is 9.13. The summed E-state index contributed by atoms with van der Waals surface area (Å²) in [5.41, 5.74) is 1.24. The molecule has 0 saturated heterocycles. The van der Waals surface area contributed by atoms with Crippen molar-refractivity contribution < 1.29 is 19.2 Å². The zero-order valence-corrected chi connectivity index (χ0v) is 18.2. The van der Waals surface area contributed by atoms with Crippen molar-refractivity contribution in [1.29, 1.82) is 0 Å². The van der Waals surface area contributed by atoms with Gasteiger partial charge >= 0.3 is 0 Å². The van der Waals surface area contributed by atoms with Gasteiger partial charge in [-0.25, -0.2) is 4.90 Å². The average Bonchev–Trinajstić information content (AvgIpc) is 3.03. The predicted octanol–water partition coefficient (Wildman–Crippen LogP) is 5.04. The number of carbonyl (C=O) groups is 2. The maximum atomic E-state index is 13.4. The Bertz CT molecular complexity index is 1290. The summed E-state index contributed by atoms with van der Waals surface area (Å²) >= 11 is 6.08. The molecule has 9 heteroatoms. The Hall–Kier alpha value is -4.17. The Kier molecular flexibility index (Phi) is 6.10. The number of nitro benzene ring substituents is 1. The van der Waals surface area contributed by atoms with E-state index in [9.17, 15) is 19.7 Å². The number of hydrogen-bond donors (Lipinski definition) is 1. The summed E-state index contributed by atoms with van der Waals surface area (Å²) in [6.07, 6.45) is 0. The van der Waals surface area contributed by atoms with Crippen LogP contribution in [0.3, 0.4) is 0 Å². The molecule has 3 aromatic carbocycles. The number of non-ortho nitro benzene ring substituents is 1. The predicted molar refractivity (Wildman–Crippen MR) is 125 cm³/mol. The van der Waals surface area contributed by atoms with Crippen LogP contribution >= 0.6 is 11.6 Å². The van der Waals surface area contributed by atoms with E-state index in [1.54, 1.807) is 42.5 Å². The van der Waals surface area contributed by atoms with Gasteiger partial charge in [-0.1, -0.05) is 23.7 Å². The van der Waals surface area contributed by atoms with E-state index in [1.807, 2.05) is 6.92 Å². The minimum atomic E-state index is -0.572. The normalized spacial score (nSPS) is 13.5. The van der Waals surface area contributed by atoms with Crippen LogP contribution in [0.1, 0.15) is 12.5 Å². The van der Waals surface area contributed by atoms with E-state index in [-0.39, 0.29) is 17.0 Å². The van der Waals surface area contributed by atoms with Gasteiger partial charge in [0.05, 0.1) is 22.8 Å². The molecule has 0 unspecified atom stereocenters. The topological polar surface area (TPSA) is 102 Å². The monoisotopic (exact) mass is 463 g/mol. The molecule has 0 spiro atoms. The standard InChI is InChI=1S/C24H18ClN3O5/c1-2-33-20-8-4-6-17(14-20)26-22-21(15-9-11-18(12-10-15)28(31)32)23(29)27(24(22)30)19-7-3-5-16(25)13-19/h3-14,26H,2H2,1H3. The minimum absolute atomic E-state index is 0.0440. The summed E-state index contributed by atoms with van der Waals surface area (Å²) in [6, 6.07) is 18.8. The fraction of sp³-hybridized carbons (Fsp3) is 0.0833. The molecule has 0 atom stereocenters. The van der Waals surface area contributed by atoms with Gasteiger partial charge in [0.15, 0.2) is 0 Å². The maximum absolute atomic E-state index is 13.4. The Morgan fingerprint density at radius 3 is 2.39 bits per heavy atom. The third-order valence-corrected chi connectivity index (χ3v) is 5.17. The highest BCUT2D eigenvalue weighted by Gasteiger charge is 2.40. The zero-order valence-electron chi connectivity index (χ0n) is 17.4. The number of anilines is 2. The summed E-state index contributed by atoms with van der Waals surface area (Å²) in [4.78, 5) is 38.4. The highest BCUT2D eigenvalue weighted by atomic mass is 35.5. The van der Waals surface area contributed by atoms with Crippen LogP contribution in [0.5, 0.6) is 5.75 Å². The summed E-state index contributed by atoms with van der Waals surface area (Å²) < 4.78 is 5.51. The molecule has 1 N–H and O–H groups in total. The second-order valence-corrected chi connectivity index (χ2v) is 7.50. The average molecular weight is 464 g/mol. The lowest BCUT2D eigenvalue weighted by molar-refractivity contribution is -0.384. The van der Waals surface area contributed by atoms with Gasteiger partial charge in [0.25, 0.3) is 17.5 Å². The summed E-state index contributed by atoms with van der Waals surface area (Å²) in [7, 11) is 0. The number of nitro groups is 1. The first-order chi connectivity index (χ1) is 15.9. The molecule has 2 amide bonds. The highest BCUT2D eigenvalue weighted by Crippen LogP contribution is 2.35. The lowest BCUT2D eigenvalue weighted by Gasteiger charge is -2.15. The molecule has 0 radical (unpaired) electrons. The van der Waals surface area contributed by atoms with Crippen LogP contribution in [0.2, 0.25) is 5.02 Å². The molecular weight excluding hydrogens is 446 g/mol.